The van der Waals surface area contributed by atoms with E-state index in [9.17, 15) is 0 Å². The predicted octanol–water partition coefficient (Wildman–Crippen LogP) is 3.00. The molecule has 0 saturated heterocycles. The summed E-state index contributed by atoms with van der Waals surface area (Å²) >= 11 is 0. The monoisotopic (exact) mass is 339 g/mol. The van der Waals surface area contributed by atoms with Crippen LogP contribution in [0.1, 0.15) is 17.3 Å². The number of likely N-dealkylation sites (N-methyl/N-ethyl adjacent to an activating group) is 1. The molecule has 0 aliphatic carbocycles. The highest BCUT2D eigenvalue weighted by Crippen LogP contribution is 2.30. The standard InChI is InChI=1S/C19H25N5O/c1-13-9-16(15-7-6-8-18(25-5)19(15)22-13)20-11-17(23(2)3)14-10-21-24(4)12-14/h6-10,12,17H,11H2,1-5H3,(H,20,22). The van der Waals surface area contributed by atoms with Gasteiger partial charge in [-0.05, 0) is 33.2 Å². The summed E-state index contributed by atoms with van der Waals surface area (Å²) in [5, 5.41) is 8.96. The fraction of sp³-hybridized carbons (Fsp3) is 0.368. The van der Waals surface area contributed by atoms with E-state index in [1.165, 1.54) is 5.56 Å². The van der Waals surface area contributed by atoms with Crippen molar-refractivity contribution in [1.29, 1.82) is 0 Å². The van der Waals surface area contributed by atoms with Crippen molar-refractivity contribution >= 4 is 16.6 Å². The normalized spacial score (nSPS) is 12.6. The SMILES string of the molecule is COc1cccc2c(NCC(c3cnn(C)c3)N(C)C)cc(C)nc12. The van der Waals surface area contributed by atoms with Gasteiger partial charge in [-0.15, -0.1) is 0 Å². The molecule has 6 nitrogen and oxygen atoms in total. The molecule has 0 spiro atoms. The van der Waals surface area contributed by atoms with Gasteiger partial charge < -0.3 is 15.0 Å². The molecule has 132 valence electrons. The summed E-state index contributed by atoms with van der Waals surface area (Å²) in [6.07, 6.45) is 3.98. The second-order valence-electron chi connectivity index (χ2n) is 6.48. The van der Waals surface area contributed by atoms with Gasteiger partial charge in [0.2, 0.25) is 0 Å². The lowest BCUT2D eigenvalue weighted by atomic mass is 10.1. The molecule has 0 saturated carbocycles. The van der Waals surface area contributed by atoms with Crippen LogP contribution in [-0.2, 0) is 7.05 Å². The van der Waals surface area contributed by atoms with E-state index < -0.39 is 0 Å². The van der Waals surface area contributed by atoms with Crippen molar-refractivity contribution in [3.63, 3.8) is 0 Å². The van der Waals surface area contributed by atoms with Gasteiger partial charge in [-0.2, -0.15) is 5.10 Å². The molecule has 0 aliphatic heterocycles. The minimum atomic E-state index is 0.225. The van der Waals surface area contributed by atoms with Crippen molar-refractivity contribution in [1.82, 2.24) is 19.7 Å². The molecule has 0 radical (unpaired) electrons. The number of aryl methyl sites for hydroxylation is 2. The third-order valence-electron chi connectivity index (χ3n) is 4.37. The fourth-order valence-electron chi connectivity index (χ4n) is 3.08. The average Bonchev–Trinajstić information content (AvgIpc) is 3.00. The van der Waals surface area contributed by atoms with Gasteiger partial charge in [-0.3, -0.25) is 4.68 Å². The first kappa shape index (κ1) is 17.2. The number of fused-ring (bicyclic) bond motifs is 1. The molecule has 1 unspecified atom stereocenters. The van der Waals surface area contributed by atoms with Gasteiger partial charge >= 0.3 is 0 Å². The molecule has 1 aromatic carbocycles. The fourth-order valence-corrected chi connectivity index (χ4v) is 3.08. The Bertz CT molecular complexity index is 871. The molecule has 0 fully saturated rings. The molecule has 1 atom stereocenters. The van der Waals surface area contributed by atoms with E-state index in [4.69, 9.17) is 4.74 Å². The zero-order chi connectivity index (χ0) is 18.0. The lowest BCUT2D eigenvalue weighted by Gasteiger charge is -2.24. The number of rotatable bonds is 6. The van der Waals surface area contributed by atoms with Gasteiger partial charge in [0.1, 0.15) is 11.3 Å². The van der Waals surface area contributed by atoms with E-state index in [1.807, 2.05) is 37.0 Å². The highest BCUT2D eigenvalue weighted by Gasteiger charge is 2.17. The number of nitrogens with zero attached hydrogens (tertiary/aromatic N) is 4. The second-order valence-corrected chi connectivity index (χ2v) is 6.48. The Balaban J connectivity index is 1.92. The number of ether oxygens (including phenoxy) is 1. The molecule has 0 bridgehead atoms. The first-order valence-electron chi connectivity index (χ1n) is 8.33. The Morgan fingerprint density at radius 2 is 2.12 bits per heavy atom. The minimum Gasteiger partial charge on any atom is -0.494 e. The number of benzene rings is 1. The maximum atomic E-state index is 5.46. The molecular weight excluding hydrogens is 314 g/mol. The average molecular weight is 339 g/mol. The third kappa shape index (κ3) is 3.58. The van der Waals surface area contributed by atoms with Gasteiger partial charge in [-0.25, -0.2) is 4.98 Å². The molecule has 0 aliphatic rings. The van der Waals surface area contributed by atoms with Gasteiger partial charge in [-0.1, -0.05) is 12.1 Å². The highest BCUT2D eigenvalue weighted by molar-refractivity contribution is 5.95. The molecule has 6 heteroatoms. The second kappa shape index (κ2) is 7.11. The summed E-state index contributed by atoms with van der Waals surface area (Å²) in [7, 11) is 7.78. The number of anilines is 1. The lowest BCUT2D eigenvalue weighted by Crippen LogP contribution is -2.26. The van der Waals surface area contributed by atoms with Crippen LogP contribution in [0.4, 0.5) is 5.69 Å². The Hall–Kier alpha value is -2.60. The molecule has 2 aromatic heterocycles. The third-order valence-corrected chi connectivity index (χ3v) is 4.37. The Morgan fingerprint density at radius 1 is 1.32 bits per heavy atom. The number of para-hydroxylation sites is 1. The maximum Gasteiger partial charge on any atom is 0.145 e. The minimum absolute atomic E-state index is 0.225. The molecule has 0 amide bonds. The number of methoxy groups -OCH3 is 1. The first-order valence-corrected chi connectivity index (χ1v) is 8.33. The van der Waals surface area contributed by atoms with Gasteiger partial charge in [0.05, 0.1) is 19.3 Å². The van der Waals surface area contributed by atoms with E-state index in [2.05, 4.69) is 52.7 Å². The molecule has 1 N–H and O–H groups in total. The van der Waals surface area contributed by atoms with E-state index in [0.29, 0.717) is 0 Å². The number of nitrogens with one attached hydrogen (secondary N) is 1. The van der Waals surface area contributed by atoms with Gasteiger partial charge in [0.25, 0.3) is 0 Å². The summed E-state index contributed by atoms with van der Waals surface area (Å²) in [5.41, 5.74) is 4.10. The number of hydrogen-bond donors (Lipinski definition) is 1. The maximum absolute atomic E-state index is 5.46. The zero-order valence-corrected chi connectivity index (χ0v) is 15.4. The summed E-state index contributed by atoms with van der Waals surface area (Å²) in [4.78, 5) is 6.84. The van der Waals surface area contributed by atoms with Crippen molar-refractivity contribution in [2.45, 2.75) is 13.0 Å². The van der Waals surface area contributed by atoms with E-state index in [0.717, 1.165) is 34.6 Å². The molecule has 3 aromatic rings. The number of pyridine rings is 1. The number of hydrogen-bond acceptors (Lipinski definition) is 5. The van der Waals surface area contributed by atoms with Crippen LogP contribution < -0.4 is 10.1 Å². The van der Waals surface area contributed by atoms with Crippen LogP contribution in [0.25, 0.3) is 10.9 Å². The van der Waals surface area contributed by atoms with Crippen molar-refractivity contribution in [3.05, 3.63) is 47.9 Å². The van der Waals surface area contributed by atoms with Crippen molar-refractivity contribution in [2.75, 3.05) is 33.1 Å². The van der Waals surface area contributed by atoms with Crippen molar-refractivity contribution < 1.29 is 4.74 Å². The van der Waals surface area contributed by atoms with E-state index in [1.54, 1.807) is 7.11 Å². The Morgan fingerprint density at radius 3 is 2.76 bits per heavy atom. The Labute approximate surface area is 148 Å². The summed E-state index contributed by atoms with van der Waals surface area (Å²) < 4.78 is 7.30. The molecule has 25 heavy (non-hydrogen) atoms. The smallest absolute Gasteiger partial charge is 0.145 e. The topological polar surface area (TPSA) is 55.2 Å². The van der Waals surface area contributed by atoms with Crippen LogP contribution in [0.5, 0.6) is 5.75 Å². The van der Waals surface area contributed by atoms with Crippen molar-refractivity contribution in [3.8, 4) is 5.75 Å². The summed E-state index contributed by atoms with van der Waals surface area (Å²) in [6.45, 7) is 2.77. The quantitative estimate of drug-likeness (QED) is 0.748. The van der Waals surface area contributed by atoms with E-state index >= 15 is 0 Å². The van der Waals surface area contributed by atoms with Crippen LogP contribution >= 0.6 is 0 Å². The van der Waals surface area contributed by atoms with Crippen LogP contribution in [0.3, 0.4) is 0 Å². The molecular formula is C19H25N5O. The van der Waals surface area contributed by atoms with E-state index in [-0.39, 0.29) is 6.04 Å². The van der Waals surface area contributed by atoms with Gasteiger partial charge in [0, 0.05) is 42.1 Å². The Kier molecular flexibility index (Phi) is 4.90. The number of aromatic nitrogens is 3. The summed E-state index contributed by atoms with van der Waals surface area (Å²) in [5.74, 6) is 0.792. The van der Waals surface area contributed by atoms with Crippen molar-refractivity contribution in [2.24, 2.45) is 7.05 Å². The van der Waals surface area contributed by atoms with Crippen LogP contribution in [0.15, 0.2) is 36.7 Å². The first-order chi connectivity index (χ1) is 12.0. The van der Waals surface area contributed by atoms with Crippen LogP contribution in [0, 0.1) is 6.92 Å². The highest BCUT2D eigenvalue weighted by atomic mass is 16.5. The zero-order valence-electron chi connectivity index (χ0n) is 15.4. The van der Waals surface area contributed by atoms with Crippen LogP contribution in [-0.4, -0.2) is 47.4 Å². The predicted molar refractivity (Wildman–Crippen MR) is 101 cm³/mol. The van der Waals surface area contributed by atoms with Crippen LogP contribution in [0.2, 0.25) is 0 Å². The molecule has 2 heterocycles. The van der Waals surface area contributed by atoms with Gasteiger partial charge in [0.15, 0.2) is 0 Å². The largest absolute Gasteiger partial charge is 0.494 e. The summed E-state index contributed by atoms with van der Waals surface area (Å²) in [6, 6.07) is 8.31. The molecule has 3 rings (SSSR count). The lowest BCUT2D eigenvalue weighted by molar-refractivity contribution is 0.312.